The number of hydrogen-bond acceptors (Lipinski definition) is 5. The van der Waals surface area contributed by atoms with Crippen LogP contribution in [0.15, 0.2) is 24.3 Å². The molecule has 0 aromatic heterocycles. The summed E-state index contributed by atoms with van der Waals surface area (Å²) in [5, 5.41) is 12.3. The minimum absolute atomic E-state index is 0. The van der Waals surface area contributed by atoms with Gasteiger partial charge in [-0.1, -0.05) is 23.7 Å². The van der Waals surface area contributed by atoms with Crippen molar-refractivity contribution >= 4 is 58.9 Å². The summed E-state index contributed by atoms with van der Waals surface area (Å²) < 4.78 is 10.1. The van der Waals surface area contributed by atoms with E-state index in [9.17, 15) is 19.5 Å². The molecule has 0 spiro atoms. The van der Waals surface area contributed by atoms with Gasteiger partial charge >= 0.3 is 35.5 Å². The van der Waals surface area contributed by atoms with E-state index in [1.165, 1.54) is 0 Å². The van der Waals surface area contributed by atoms with E-state index in [0.717, 1.165) is 5.56 Å². The molecule has 27 heavy (non-hydrogen) atoms. The number of halogens is 1. The van der Waals surface area contributed by atoms with Crippen LogP contribution in [0.5, 0.6) is 0 Å². The Morgan fingerprint density at radius 2 is 1.81 bits per heavy atom. The van der Waals surface area contributed by atoms with Crippen LogP contribution >= 0.6 is 11.6 Å². The summed E-state index contributed by atoms with van der Waals surface area (Å²) >= 11 is 5.88. The fourth-order valence-electron chi connectivity index (χ4n) is 2.76. The van der Waals surface area contributed by atoms with E-state index in [1.54, 1.807) is 29.2 Å². The van der Waals surface area contributed by atoms with Gasteiger partial charge in [0.05, 0.1) is 19.8 Å². The maximum absolute atomic E-state index is 12.9. The van der Waals surface area contributed by atoms with Crippen LogP contribution in [0.3, 0.4) is 0 Å². The number of carboxylic acids is 1. The molecule has 3 rings (SSSR count). The summed E-state index contributed by atoms with van der Waals surface area (Å²) in [6.07, 6.45) is 0.217. The number of rotatable bonds is 6. The third kappa shape index (κ3) is 5.22. The van der Waals surface area contributed by atoms with Crippen molar-refractivity contribution in [2.75, 3.05) is 32.9 Å². The Morgan fingerprint density at radius 1 is 1.22 bits per heavy atom. The molecule has 2 fully saturated rings. The second-order valence-corrected chi connectivity index (χ2v) is 6.65. The number of ether oxygens (including phenoxy) is 2. The molecule has 2 amide bonds. The van der Waals surface area contributed by atoms with Crippen molar-refractivity contribution in [3.8, 4) is 0 Å². The van der Waals surface area contributed by atoms with Gasteiger partial charge in [0, 0.05) is 24.5 Å². The van der Waals surface area contributed by atoms with Crippen molar-refractivity contribution in [1.82, 2.24) is 10.2 Å². The van der Waals surface area contributed by atoms with Crippen molar-refractivity contribution < 1.29 is 29.0 Å². The van der Waals surface area contributed by atoms with Crippen LogP contribution in [-0.4, -0.2) is 102 Å². The van der Waals surface area contributed by atoms with Gasteiger partial charge in [0.25, 0.3) is 11.5 Å². The summed E-state index contributed by atoms with van der Waals surface area (Å²) in [4.78, 5) is 38.1. The first-order valence-electron chi connectivity index (χ1n) is 8.22. The molecule has 1 aromatic carbocycles. The van der Waals surface area contributed by atoms with Gasteiger partial charge in [-0.3, -0.25) is 9.59 Å². The summed E-state index contributed by atoms with van der Waals surface area (Å²) in [5.41, 5.74) is -1.09. The molecule has 1 aromatic rings. The number of morpholine rings is 1. The van der Waals surface area contributed by atoms with Crippen molar-refractivity contribution in [3.05, 3.63) is 34.9 Å². The molecule has 2 N–H and O–H groups in total. The number of carbonyl (C=O) groups excluding carboxylic acids is 2. The Bertz CT molecular complexity index is 704. The number of carbonyl (C=O) groups is 3. The Morgan fingerprint density at radius 3 is 2.33 bits per heavy atom. The number of amides is 2. The Balaban J connectivity index is 0.00000261. The quantitative estimate of drug-likeness (QED) is 0.372. The third-order valence-electron chi connectivity index (χ3n) is 4.42. The molecule has 0 aliphatic carbocycles. The van der Waals surface area contributed by atoms with Crippen LogP contribution in [0.2, 0.25) is 5.02 Å². The van der Waals surface area contributed by atoms with Crippen LogP contribution in [0.4, 0.5) is 0 Å². The van der Waals surface area contributed by atoms with Gasteiger partial charge < -0.3 is 24.8 Å². The average Bonchev–Trinajstić information content (AvgIpc) is 3.45. The van der Waals surface area contributed by atoms with Gasteiger partial charge in [-0.15, -0.1) is 0 Å². The normalized spacial score (nSPS) is 22.3. The number of aliphatic carboxylic acids is 1. The average molecular weight is 407 g/mol. The monoisotopic (exact) mass is 406 g/mol. The van der Waals surface area contributed by atoms with Crippen LogP contribution < -0.4 is 5.32 Å². The Kier molecular flexibility index (Phi) is 7.67. The van der Waals surface area contributed by atoms with E-state index in [4.69, 9.17) is 21.1 Å². The summed E-state index contributed by atoms with van der Waals surface area (Å²) in [5.74, 6) is -2.46. The van der Waals surface area contributed by atoms with Crippen molar-refractivity contribution in [3.63, 3.8) is 0 Å². The molecule has 0 radical (unpaired) electrons. The first kappa shape index (κ1) is 22.1. The zero-order valence-electron chi connectivity index (χ0n) is 13.9. The number of benzene rings is 1. The zero-order valence-corrected chi connectivity index (χ0v) is 14.7. The van der Waals surface area contributed by atoms with Crippen molar-refractivity contribution in [1.29, 1.82) is 0 Å². The number of nitrogens with one attached hydrogen (secondary N) is 1. The number of epoxide rings is 1. The van der Waals surface area contributed by atoms with Gasteiger partial charge in [-0.05, 0) is 17.7 Å². The second kappa shape index (κ2) is 9.36. The number of hydrogen-bond donors (Lipinski definition) is 2. The van der Waals surface area contributed by atoms with Crippen molar-refractivity contribution in [2.24, 2.45) is 0 Å². The molecule has 8 nitrogen and oxygen atoms in total. The summed E-state index contributed by atoms with van der Waals surface area (Å²) in [6, 6.07) is 6.00. The van der Waals surface area contributed by atoms with E-state index < -0.39 is 23.5 Å². The fourth-order valence-corrected chi connectivity index (χ4v) is 2.89. The molecule has 2 saturated heterocycles. The third-order valence-corrected chi connectivity index (χ3v) is 4.68. The molecule has 142 valence electrons. The van der Waals surface area contributed by atoms with Gasteiger partial charge in [-0.2, -0.15) is 0 Å². The van der Waals surface area contributed by atoms with Gasteiger partial charge in [0.2, 0.25) is 5.91 Å². The van der Waals surface area contributed by atoms with Gasteiger partial charge in [0.15, 0.2) is 0 Å². The molecular weight excluding hydrogens is 387 g/mol. The predicted molar refractivity (Wildman–Crippen MR) is 98.0 cm³/mol. The molecule has 2 aliphatic heterocycles. The van der Waals surface area contributed by atoms with E-state index in [0.29, 0.717) is 31.3 Å². The van der Waals surface area contributed by atoms with Crippen LogP contribution in [0.25, 0.3) is 0 Å². The summed E-state index contributed by atoms with van der Waals surface area (Å²) in [6.45, 7) is 1.50. The van der Waals surface area contributed by atoms with Gasteiger partial charge in [0.1, 0.15) is 6.04 Å². The van der Waals surface area contributed by atoms with E-state index >= 15 is 0 Å². The molecule has 2 atom stereocenters. The fraction of sp³-hybridized carbons (Fsp3) is 0.471. The van der Waals surface area contributed by atoms with Crippen molar-refractivity contribution in [2.45, 2.75) is 18.1 Å². The molecule has 0 saturated carbocycles. The molecule has 0 bridgehead atoms. The topological polar surface area (TPSA) is 108 Å². The van der Waals surface area contributed by atoms with Gasteiger partial charge in [-0.25, -0.2) is 4.79 Å². The maximum atomic E-state index is 12.9. The van der Waals surface area contributed by atoms with E-state index in [2.05, 4.69) is 5.32 Å². The van der Waals surface area contributed by atoms with E-state index in [1.807, 2.05) is 0 Å². The van der Waals surface area contributed by atoms with Crippen LogP contribution in [-0.2, 0) is 30.3 Å². The minimum atomic E-state index is -1.89. The first-order chi connectivity index (χ1) is 12.4. The van der Waals surface area contributed by atoms with Crippen LogP contribution in [0.1, 0.15) is 5.56 Å². The number of carboxylic acid groups (broad SMARTS) is 1. The van der Waals surface area contributed by atoms with E-state index in [-0.39, 0.29) is 48.5 Å². The Labute approximate surface area is 183 Å². The Hall–Kier alpha value is -1.16. The van der Waals surface area contributed by atoms with Crippen LogP contribution in [0, 0.1) is 0 Å². The summed E-state index contributed by atoms with van der Waals surface area (Å²) in [7, 11) is 0. The molecule has 2 heterocycles. The predicted octanol–water partition coefficient (Wildman–Crippen LogP) is -0.569. The standard InChI is InChI=1S/C17H19ClN2O6.Na.H/c18-12-3-1-11(2-4-12)9-13(14(21)20-5-7-25-8-6-20)19-15(22)17(10-26-17)16(23)24;;/h1-4,13H,5-10H2,(H,19,22)(H,23,24);;/t13-,17-;;/m0../s1. The molecule has 0 unspecified atom stereocenters. The molecule has 2 aliphatic rings. The molecular formula is C17H20ClN2NaO6. The zero-order chi connectivity index (χ0) is 18.7. The first-order valence-corrected chi connectivity index (χ1v) is 8.59. The second-order valence-electron chi connectivity index (χ2n) is 6.22. The molecule has 10 heteroatoms. The SMILES string of the molecule is O=C([C@H](Cc1ccc(Cl)cc1)NC(=O)[C@]1(C(=O)O)CO1)N1CCOCC1.[NaH]. The number of nitrogens with zero attached hydrogens (tertiary/aromatic N) is 1.